The third-order valence-corrected chi connectivity index (χ3v) is 5.55. The fraction of sp³-hybridized carbons (Fsp3) is 0.0833. The molecule has 0 spiro atoms. The van der Waals surface area contributed by atoms with Gasteiger partial charge >= 0.3 is 0 Å². The maximum atomic E-state index is 13.2. The zero-order valence-corrected chi connectivity index (χ0v) is 18.0. The van der Waals surface area contributed by atoms with Crippen LogP contribution in [0.25, 0.3) is 5.70 Å². The van der Waals surface area contributed by atoms with E-state index in [1.807, 2.05) is 60.7 Å². The summed E-state index contributed by atoms with van der Waals surface area (Å²) in [4.78, 5) is 14.7. The van der Waals surface area contributed by atoms with Gasteiger partial charge in [-0.2, -0.15) is 4.68 Å². The molecule has 4 aromatic rings. The average Bonchev–Trinajstić information content (AvgIpc) is 3.32. The van der Waals surface area contributed by atoms with E-state index in [1.165, 1.54) is 24.3 Å². The van der Waals surface area contributed by atoms with Crippen molar-refractivity contribution >= 4 is 34.8 Å². The number of benzene rings is 3. The molecule has 0 fully saturated rings. The molecule has 1 aromatic heterocycles. The van der Waals surface area contributed by atoms with E-state index in [0.29, 0.717) is 16.7 Å². The number of rotatable bonds is 5. The molecular weight excluding hydrogens is 443 g/mol. The summed E-state index contributed by atoms with van der Waals surface area (Å²) >= 11 is 6.07. The lowest BCUT2D eigenvalue weighted by Gasteiger charge is -2.32. The summed E-state index contributed by atoms with van der Waals surface area (Å²) in [6.07, 6.45) is 2.02. The highest BCUT2D eigenvalue weighted by Crippen LogP contribution is 2.36. The molecule has 0 radical (unpaired) electrons. The second-order valence-corrected chi connectivity index (χ2v) is 7.92. The number of nitrogens with zero attached hydrogens (tertiary/aromatic N) is 5. The Hall–Kier alpha value is -4.04. The number of nitrogens with one attached hydrogen (secondary N) is 1. The summed E-state index contributed by atoms with van der Waals surface area (Å²) in [5, 5.41) is 15.7. The highest BCUT2D eigenvalue weighted by molar-refractivity contribution is 6.30. The lowest BCUT2D eigenvalue weighted by molar-refractivity contribution is -0.114. The first-order valence-electron chi connectivity index (χ1n) is 10.2. The third kappa shape index (κ3) is 4.33. The number of carbonyl (C=O) groups excluding carboxylic acids is 1. The first-order valence-corrected chi connectivity index (χ1v) is 10.6. The summed E-state index contributed by atoms with van der Waals surface area (Å²) in [6.45, 7) is -0.0359. The van der Waals surface area contributed by atoms with E-state index >= 15 is 0 Å². The van der Waals surface area contributed by atoms with Crippen molar-refractivity contribution in [2.45, 2.75) is 6.04 Å². The fourth-order valence-corrected chi connectivity index (χ4v) is 3.88. The molecule has 3 aromatic carbocycles. The van der Waals surface area contributed by atoms with Crippen molar-refractivity contribution in [2.24, 2.45) is 0 Å². The van der Waals surface area contributed by atoms with E-state index in [1.54, 1.807) is 9.58 Å². The Morgan fingerprint density at radius 1 is 1.00 bits per heavy atom. The largest absolute Gasteiger partial charge is 0.325 e. The number of fused-ring (bicyclic) bond motifs is 1. The maximum Gasteiger partial charge on any atom is 0.251 e. The zero-order valence-electron chi connectivity index (χ0n) is 17.3. The van der Waals surface area contributed by atoms with Crippen LogP contribution in [0.4, 0.5) is 16.0 Å². The van der Waals surface area contributed by atoms with Crippen LogP contribution in [0.1, 0.15) is 17.2 Å². The first kappa shape index (κ1) is 20.8. The van der Waals surface area contributed by atoms with Gasteiger partial charge in [0.25, 0.3) is 5.95 Å². The van der Waals surface area contributed by atoms with Gasteiger partial charge in [0.2, 0.25) is 5.91 Å². The number of carbonyl (C=O) groups is 1. The quantitative estimate of drug-likeness (QED) is 0.472. The minimum absolute atomic E-state index is 0.0359. The van der Waals surface area contributed by atoms with E-state index < -0.39 is 0 Å². The monoisotopic (exact) mass is 460 g/mol. The molecule has 0 unspecified atom stereocenters. The van der Waals surface area contributed by atoms with Crippen molar-refractivity contribution in [3.63, 3.8) is 0 Å². The zero-order chi connectivity index (χ0) is 22.8. The Labute approximate surface area is 194 Å². The Morgan fingerprint density at radius 2 is 1.73 bits per heavy atom. The lowest BCUT2D eigenvalue weighted by Crippen LogP contribution is -2.37. The van der Waals surface area contributed by atoms with Crippen LogP contribution >= 0.6 is 11.6 Å². The van der Waals surface area contributed by atoms with Crippen LogP contribution in [-0.4, -0.2) is 32.7 Å². The van der Waals surface area contributed by atoms with Gasteiger partial charge in [0.05, 0.1) is 5.70 Å². The number of anilines is 2. The first-order chi connectivity index (χ1) is 16.1. The summed E-state index contributed by atoms with van der Waals surface area (Å²) < 4.78 is 14.9. The number of hydrogen-bond acceptors (Lipinski definition) is 5. The molecule has 1 atom stereocenters. The summed E-state index contributed by atoms with van der Waals surface area (Å²) in [5.41, 5.74) is 3.17. The van der Waals surface area contributed by atoms with Crippen LogP contribution in [0.2, 0.25) is 5.02 Å². The van der Waals surface area contributed by atoms with Gasteiger partial charge in [0.1, 0.15) is 18.4 Å². The lowest BCUT2D eigenvalue weighted by atomic mass is 10.0. The number of hydrogen-bond donors (Lipinski definition) is 1. The molecule has 33 heavy (non-hydrogen) atoms. The van der Waals surface area contributed by atoms with Crippen LogP contribution in [0, 0.1) is 5.82 Å². The summed E-state index contributed by atoms with van der Waals surface area (Å²) in [5.74, 6) is -0.223. The number of halogens is 2. The molecule has 0 saturated carbocycles. The molecule has 9 heteroatoms. The summed E-state index contributed by atoms with van der Waals surface area (Å²) in [6, 6.07) is 22.6. The van der Waals surface area contributed by atoms with Crippen molar-refractivity contribution in [2.75, 3.05) is 16.8 Å². The number of aromatic nitrogens is 4. The van der Waals surface area contributed by atoms with Gasteiger partial charge in [0, 0.05) is 10.7 Å². The van der Waals surface area contributed by atoms with Gasteiger partial charge in [-0.1, -0.05) is 59.2 Å². The van der Waals surface area contributed by atoms with Crippen molar-refractivity contribution < 1.29 is 9.18 Å². The Morgan fingerprint density at radius 3 is 2.45 bits per heavy atom. The normalized spacial score (nSPS) is 15.0. The van der Waals surface area contributed by atoms with Crippen molar-refractivity contribution in [3.05, 3.63) is 107 Å². The van der Waals surface area contributed by atoms with Gasteiger partial charge in [-0.25, -0.2) is 4.39 Å². The highest BCUT2D eigenvalue weighted by Gasteiger charge is 2.31. The predicted octanol–water partition coefficient (Wildman–Crippen LogP) is 4.55. The van der Waals surface area contributed by atoms with Gasteiger partial charge in [-0.05, 0) is 64.0 Å². The minimum atomic E-state index is -0.370. The Bertz CT molecular complexity index is 1310. The standard InChI is InChI=1S/C24H18ClFN6O/c25-18-8-6-17(7-9-18)22-14-21(16-4-2-1-3-5-16)31(24-28-29-30-32(22)24)15-23(33)27-20-12-10-19(26)11-13-20/h1-14,22H,15H2,(H,27,33)/t22-/m0/s1. The Kier molecular flexibility index (Phi) is 5.58. The second kappa shape index (κ2) is 8.84. The van der Waals surface area contributed by atoms with Crippen molar-refractivity contribution in [3.8, 4) is 0 Å². The molecule has 0 aliphatic carbocycles. The molecule has 1 aliphatic heterocycles. The van der Waals surface area contributed by atoms with Crippen molar-refractivity contribution in [1.29, 1.82) is 0 Å². The van der Waals surface area contributed by atoms with Gasteiger partial charge < -0.3 is 5.32 Å². The Balaban J connectivity index is 1.52. The fourth-order valence-electron chi connectivity index (χ4n) is 3.76. The average molecular weight is 461 g/mol. The highest BCUT2D eigenvalue weighted by atomic mass is 35.5. The summed E-state index contributed by atoms with van der Waals surface area (Å²) in [7, 11) is 0. The van der Waals surface area contributed by atoms with Crippen LogP contribution in [0.15, 0.2) is 84.9 Å². The van der Waals surface area contributed by atoms with Gasteiger partial charge in [-0.15, -0.1) is 0 Å². The smallest absolute Gasteiger partial charge is 0.251 e. The van der Waals surface area contributed by atoms with Crippen LogP contribution < -0.4 is 10.2 Å². The third-order valence-electron chi connectivity index (χ3n) is 5.30. The molecule has 1 aliphatic rings. The number of amides is 1. The number of allylic oxidation sites excluding steroid dienone is 1. The molecular formula is C24H18ClFN6O. The molecule has 7 nitrogen and oxygen atoms in total. The van der Waals surface area contributed by atoms with E-state index in [2.05, 4.69) is 20.8 Å². The molecule has 164 valence electrons. The van der Waals surface area contributed by atoms with Crippen LogP contribution in [0.3, 0.4) is 0 Å². The van der Waals surface area contributed by atoms with Gasteiger partial charge in [0.15, 0.2) is 0 Å². The number of tetrazole rings is 1. The topological polar surface area (TPSA) is 75.9 Å². The minimum Gasteiger partial charge on any atom is -0.325 e. The SMILES string of the molecule is O=C(CN1C(c2ccccc2)=C[C@@H](c2ccc(Cl)cc2)n2nnnc21)Nc1ccc(F)cc1. The molecule has 0 bridgehead atoms. The molecule has 5 rings (SSSR count). The molecule has 0 saturated heterocycles. The molecule has 1 N–H and O–H groups in total. The van der Waals surface area contributed by atoms with E-state index in [4.69, 9.17) is 11.6 Å². The van der Waals surface area contributed by atoms with Crippen LogP contribution in [-0.2, 0) is 4.79 Å². The maximum absolute atomic E-state index is 13.2. The van der Waals surface area contributed by atoms with E-state index in [-0.39, 0.29) is 24.3 Å². The van der Waals surface area contributed by atoms with E-state index in [9.17, 15) is 9.18 Å². The molecule has 2 heterocycles. The van der Waals surface area contributed by atoms with E-state index in [0.717, 1.165) is 16.8 Å². The van der Waals surface area contributed by atoms with Gasteiger partial charge in [-0.3, -0.25) is 9.69 Å². The van der Waals surface area contributed by atoms with Crippen molar-refractivity contribution in [1.82, 2.24) is 20.2 Å². The predicted molar refractivity (Wildman–Crippen MR) is 124 cm³/mol. The second-order valence-electron chi connectivity index (χ2n) is 7.48. The molecule has 1 amide bonds. The van der Waals surface area contributed by atoms with Crippen LogP contribution in [0.5, 0.6) is 0 Å².